The molecule has 0 radical (unpaired) electrons. The Morgan fingerprint density at radius 1 is 1.41 bits per heavy atom. The number of fused-ring (bicyclic) bond motifs is 1. The zero-order valence-corrected chi connectivity index (χ0v) is 13.1. The van der Waals surface area contributed by atoms with E-state index in [1.165, 1.54) is 4.68 Å². The predicted molar refractivity (Wildman–Crippen MR) is 84.9 cm³/mol. The molecule has 116 valence electrons. The normalized spacial score (nSPS) is 16.3. The average molecular weight is 320 g/mol. The number of benzene rings is 1. The molecule has 1 aliphatic rings. The minimum atomic E-state index is -0.644. The fraction of sp³-hybridized carbons (Fsp3) is 0.375. The van der Waals surface area contributed by atoms with Gasteiger partial charge in [0.2, 0.25) is 0 Å². The van der Waals surface area contributed by atoms with Gasteiger partial charge in [0.1, 0.15) is 0 Å². The van der Waals surface area contributed by atoms with Gasteiger partial charge >= 0.3 is 0 Å². The predicted octanol–water partition coefficient (Wildman–Crippen LogP) is 1.53. The summed E-state index contributed by atoms with van der Waals surface area (Å²) in [5.41, 5.74) is 2.54. The summed E-state index contributed by atoms with van der Waals surface area (Å²) in [5, 5.41) is 15.3. The molecule has 0 aliphatic carbocycles. The van der Waals surface area contributed by atoms with E-state index in [-0.39, 0.29) is 5.56 Å². The second kappa shape index (κ2) is 6.20. The Labute approximate surface area is 133 Å². The first-order valence-corrected chi connectivity index (χ1v) is 7.63. The summed E-state index contributed by atoms with van der Waals surface area (Å²) in [4.78, 5) is 13.8. The highest BCUT2D eigenvalue weighted by Gasteiger charge is 2.22. The summed E-state index contributed by atoms with van der Waals surface area (Å²) in [6.07, 6.45) is 0.133. The molecule has 0 saturated heterocycles. The molecular formula is C16H18ClN3O2. The van der Waals surface area contributed by atoms with Crippen LogP contribution in [0, 0.1) is 0 Å². The topological polar surface area (TPSA) is 58.4 Å². The number of β-amino-alcohol motifs (C(OH)–C–C–N with tert-alkyl or cyclic N) is 1. The largest absolute Gasteiger partial charge is 0.387 e. The summed E-state index contributed by atoms with van der Waals surface area (Å²) in [6, 6.07) is 8.96. The minimum Gasteiger partial charge on any atom is -0.387 e. The third-order valence-corrected chi connectivity index (χ3v) is 4.36. The lowest BCUT2D eigenvalue weighted by atomic mass is 10.0. The van der Waals surface area contributed by atoms with Crippen molar-refractivity contribution < 1.29 is 5.11 Å². The fourth-order valence-electron chi connectivity index (χ4n) is 2.80. The number of aryl methyl sites for hydroxylation is 1. The molecule has 1 aromatic carbocycles. The van der Waals surface area contributed by atoms with Crippen LogP contribution in [0.25, 0.3) is 0 Å². The lowest BCUT2D eigenvalue weighted by molar-refractivity contribution is 0.105. The van der Waals surface area contributed by atoms with Gasteiger partial charge in [0, 0.05) is 49.8 Å². The number of aliphatic hydroxyl groups excluding tert-OH is 1. The van der Waals surface area contributed by atoms with Crippen molar-refractivity contribution in [1.82, 2.24) is 14.7 Å². The van der Waals surface area contributed by atoms with Crippen LogP contribution in [-0.2, 0) is 20.0 Å². The van der Waals surface area contributed by atoms with E-state index in [1.54, 1.807) is 19.2 Å². The Morgan fingerprint density at radius 3 is 2.95 bits per heavy atom. The second-order valence-electron chi connectivity index (χ2n) is 5.60. The molecule has 0 saturated carbocycles. The zero-order chi connectivity index (χ0) is 15.7. The van der Waals surface area contributed by atoms with Gasteiger partial charge in [0.25, 0.3) is 5.56 Å². The van der Waals surface area contributed by atoms with Crippen LogP contribution in [0.15, 0.2) is 35.1 Å². The highest BCUT2D eigenvalue weighted by atomic mass is 35.5. The number of aromatic nitrogens is 2. The quantitative estimate of drug-likeness (QED) is 0.932. The van der Waals surface area contributed by atoms with E-state index < -0.39 is 6.10 Å². The van der Waals surface area contributed by atoms with E-state index in [1.807, 2.05) is 18.2 Å². The molecule has 5 nitrogen and oxygen atoms in total. The van der Waals surface area contributed by atoms with Gasteiger partial charge < -0.3 is 5.11 Å². The molecule has 0 bridgehead atoms. The molecule has 0 amide bonds. The first kappa shape index (κ1) is 15.2. The fourth-order valence-corrected chi connectivity index (χ4v) is 3.06. The van der Waals surface area contributed by atoms with Crippen LogP contribution < -0.4 is 5.56 Å². The van der Waals surface area contributed by atoms with Crippen LogP contribution in [0.4, 0.5) is 0 Å². The van der Waals surface area contributed by atoms with E-state index in [2.05, 4.69) is 10.00 Å². The number of nitrogens with zero attached hydrogens (tertiary/aromatic N) is 3. The van der Waals surface area contributed by atoms with E-state index in [9.17, 15) is 9.90 Å². The van der Waals surface area contributed by atoms with Crippen molar-refractivity contribution in [3.8, 4) is 0 Å². The van der Waals surface area contributed by atoms with Crippen molar-refractivity contribution in [3.05, 3.63) is 62.5 Å². The minimum absolute atomic E-state index is 0.104. The Bertz CT molecular complexity index is 744. The smallest absolute Gasteiger partial charge is 0.266 e. The maximum absolute atomic E-state index is 11.7. The number of aliphatic hydroxyl groups is 1. The van der Waals surface area contributed by atoms with Crippen LogP contribution in [0.5, 0.6) is 0 Å². The highest BCUT2D eigenvalue weighted by molar-refractivity contribution is 6.31. The molecule has 1 aromatic heterocycles. The Kier molecular flexibility index (Phi) is 4.29. The summed E-state index contributed by atoms with van der Waals surface area (Å²) < 4.78 is 1.37. The number of hydrogen-bond acceptors (Lipinski definition) is 4. The number of hydrogen-bond donors (Lipinski definition) is 1. The van der Waals surface area contributed by atoms with Crippen LogP contribution in [-0.4, -0.2) is 32.9 Å². The van der Waals surface area contributed by atoms with E-state index in [0.717, 1.165) is 29.8 Å². The summed E-state index contributed by atoms with van der Waals surface area (Å²) in [7, 11) is 1.66. The second-order valence-corrected chi connectivity index (χ2v) is 6.01. The Hall–Kier alpha value is -1.69. The molecular weight excluding hydrogens is 302 g/mol. The molecule has 1 N–H and O–H groups in total. The maximum Gasteiger partial charge on any atom is 0.266 e. The highest BCUT2D eigenvalue weighted by Crippen LogP contribution is 2.25. The molecule has 6 heteroatoms. The van der Waals surface area contributed by atoms with E-state index in [4.69, 9.17) is 11.6 Å². The van der Waals surface area contributed by atoms with Crippen molar-refractivity contribution in [2.24, 2.45) is 7.05 Å². The van der Waals surface area contributed by atoms with Crippen molar-refractivity contribution in [2.75, 3.05) is 13.1 Å². The number of rotatable bonds is 3. The van der Waals surface area contributed by atoms with Gasteiger partial charge in [-0.1, -0.05) is 29.8 Å². The van der Waals surface area contributed by atoms with E-state index in [0.29, 0.717) is 18.1 Å². The van der Waals surface area contributed by atoms with Gasteiger partial charge in [0.05, 0.1) is 11.8 Å². The molecule has 0 spiro atoms. The summed E-state index contributed by atoms with van der Waals surface area (Å²) in [5.74, 6) is 0. The van der Waals surface area contributed by atoms with Crippen LogP contribution in [0.3, 0.4) is 0 Å². The third kappa shape index (κ3) is 3.06. The van der Waals surface area contributed by atoms with Crippen molar-refractivity contribution in [2.45, 2.75) is 19.1 Å². The lowest BCUT2D eigenvalue weighted by Crippen LogP contribution is -2.36. The van der Waals surface area contributed by atoms with Gasteiger partial charge in [-0.3, -0.25) is 9.69 Å². The van der Waals surface area contributed by atoms with Crippen LogP contribution in [0.2, 0.25) is 5.02 Å². The Morgan fingerprint density at radius 2 is 2.18 bits per heavy atom. The Balaban J connectivity index is 1.74. The van der Waals surface area contributed by atoms with Crippen LogP contribution >= 0.6 is 11.6 Å². The van der Waals surface area contributed by atoms with Crippen molar-refractivity contribution >= 4 is 11.6 Å². The van der Waals surface area contributed by atoms with Gasteiger partial charge in [-0.2, -0.15) is 5.10 Å². The molecule has 2 aromatic rings. The van der Waals surface area contributed by atoms with E-state index >= 15 is 0 Å². The molecule has 22 heavy (non-hydrogen) atoms. The molecule has 1 unspecified atom stereocenters. The van der Waals surface area contributed by atoms with Gasteiger partial charge in [-0.25, -0.2) is 4.68 Å². The first-order valence-electron chi connectivity index (χ1n) is 7.25. The average Bonchev–Trinajstić information content (AvgIpc) is 2.49. The molecule has 2 heterocycles. The number of halogens is 1. The molecule has 0 fully saturated rings. The van der Waals surface area contributed by atoms with Crippen molar-refractivity contribution in [1.29, 1.82) is 0 Å². The van der Waals surface area contributed by atoms with Crippen LogP contribution in [0.1, 0.15) is 22.9 Å². The maximum atomic E-state index is 11.7. The molecule has 1 aliphatic heterocycles. The summed E-state index contributed by atoms with van der Waals surface area (Å²) >= 11 is 6.12. The molecule has 1 atom stereocenters. The monoisotopic (exact) mass is 319 g/mol. The SMILES string of the molecule is Cn1nc2c(cc1=O)CN(CC(O)c1ccccc1Cl)CC2. The zero-order valence-electron chi connectivity index (χ0n) is 12.4. The summed E-state index contributed by atoms with van der Waals surface area (Å²) in [6.45, 7) is 1.91. The molecule has 3 rings (SSSR count). The van der Waals surface area contributed by atoms with Gasteiger partial charge in [-0.15, -0.1) is 0 Å². The standard InChI is InChI=1S/C16H18ClN3O2/c1-19-16(22)8-11-9-20(7-6-14(11)18-19)10-15(21)12-4-2-3-5-13(12)17/h2-5,8,15,21H,6-7,9-10H2,1H3. The van der Waals surface area contributed by atoms with Gasteiger partial charge in [0.15, 0.2) is 0 Å². The van der Waals surface area contributed by atoms with Crippen molar-refractivity contribution in [3.63, 3.8) is 0 Å². The van der Waals surface area contributed by atoms with Gasteiger partial charge in [-0.05, 0) is 11.6 Å². The third-order valence-electron chi connectivity index (χ3n) is 4.01. The first-order chi connectivity index (χ1) is 10.5. The lowest BCUT2D eigenvalue weighted by Gasteiger charge is -2.30.